The van der Waals surface area contributed by atoms with E-state index in [0.29, 0.717) is 19.6 Å². The molecule has 2 aromatic carbocycles. The molecule has 0 radical (unpaired) electrons. The first-order valence-corrected chi connectivity index (χ1v) is 12.3. The summed E-state index contributed by atoms with van der Waals surface area (Å²) in [5.41, 5.74) is 4.17. The standard InChI is InChI=1S/C26H28BrN3O3/c1-16(2)33-13-5-12-29-15-23(31)30-22(26(29)32)14-20-19-6-3-4-7-21(19)28-24(20)25(30)17-8-10-18(27)11-9-17/h3-4,6-11,16,22,25,28H,5,12-15H2,1-2H3/t22-,25?/m0/s1. The van der Waals surface area contributed by atoms with Gasteiger partial charge in [0.1, 0.15) is 6.04 Å². The molecule has 0 bridgehead atoms. The summed E-state index contributed by atoms with van der Waals surface area (Å²) in [4.78, 5) is 34.2. The summed E-state index contributed by atoms with van der Waals surface area (Å²) in [6, 6.07) is 15.4. The first-order chi connectivity index (χ1) is 15.9. The molecule has 2 amide bonds. The number of ether oxygens (including phenoxy) is 1. The van der Waals surface area contributed by atoms with Crippen molar-refractivity contribution in [3.8, 4) is 0 Å². The van der Waals surface area contributed by atoms with Crippen LogP contribution in [0.1, 0.15) is 43.1 Å². The summed E-state index contributed by atoms with van der Waals surface area (Å²) in [6.45, 7) is 5.22. The third kappa shape index (κ3) is 4.08. The van der Waals surface area contributed by atoms with Gasteiger partial charge in [-0.3, -0.25) is 9.59 Å². The number of halogens is 1. The summed E-state index contributed by atoms with van der Waals surface area (Å²) in [5, 5.41) is 1.12. The molecule has 0 aliphatic carbocycles. The van der Waals surface area contributed by atoms with Gasteiger partial charge in [-0.1, -0.05) is 46.3 Å². The van der Waals surface area contributed by atoms with E-state index in [0.717, 1.165) is 38.6 Å². The number of benzene rings is 2. The van der Waals surface area contributed by atoms with Crippen molar-refractivity contribution in [1.82, 2.24) is 14.8 Å². The average Bonchev–Trinajstić information content (AvgIpc) is 3.17. The SMILES string of the molecule is CC(C)OCCCN1CC(=O)N2C(c3ccc(Br)cc3)c3[nH]c4ccccc4c3C[C@H]2C1=O. The molecule has 33 heavy (non-hydrogen) atoms. The second kappa shape index (κ2) is 8.95. The van der Waals surface area contributed by atoms with Gasteiger partial charge in [0.05, 0.1) is 18.7 Å². The minimum absolute atomic E-state index is 0.0124. The second-order valence-corrected chi connectivity index (χ2v) is 9.99. The van der Waals surface area contributed by atoms with Gasteiger partial charge in [-0.15, -0.1) is 0 Å². The fraction of sp³-hybridized carbons (Fsp3) is 0.385. The molecule has 6 nitrogen and oxygen atoms in total. The van der Waals surface area contributed by atoms with Gasteiger partial charge in [0.2, 0.25) is 11.8 Å². The van der Waals surface area contributed by atoms with Crippen molar-refractivity contribution in [1.29, 1.82) is 0 Å². The van der Waals surface area contributed by atoms with Gasteiger partial charge in [-0.25, -0.2) is 0 Å². The normalized spacial score (nSPS) is 20.5. The maximum absolute atomic E-state index is 13.6. The van der Waals surface area contributed by atoms with Crippen LogP contribution in [0.5, 0.6) is 0 Å². The number of nitrogens with zero attached hydrogens (tertiary/aromatic N) is 2. The molecule has 0 saturated carbocycles. The first kappa shape index (κ1) is 22.2. The van der Waals surface area contributed by atoms with E-state index in [1.807, 2.05) is 55.1 Å². The third-order valence-corrected chi connectivity index (χ3v) is 7.08. The molecule has 1 aromatic heterocycles. The highest BCUT2D eigenvalue weighted by Crippen LogP contribution is 2.42. The number of para-hydroxylation sites is 1. The molecule has 0 spiro atoms. The van der Waals surface area contributed by atoms with Crippen molar-refractivity contribution in [2.75, 3.05) is 19.7 Å². The van der Waals surface area contributed by atoms with Crippen molar-refractivity contribution < 1.29 is 14.3 Å². The van der Waals surface area contributed by atoms with Crippen LogP contribution in [0.4, 0.5) is 0 Å². The zero-order valence-electron chi connectivity index (χ0n) is 18.9. The van der Waals surface area contributed by atoms with Crippen LogP contribution in [0, 0.1) is 0 Å². The quantitative estimate of drug-likeness (QED) is 0.499. The number of H-pyrrole nitrogens is 1. The van der Waals surface area contributed by atoms with Crippen LogP contribution in [0.3, 0.4) is 0 Å². The van der Waals surface area contributed by atoms with Crippen LogP contribution in [-0.2, 0) is 20.7 Å². The molecule has 172 valence electrons. The van der Waals surface area contributed by atoms with Crippen LogP contribution in [0.15, 0.2) is 53.0 Å². The Kier molecular flexibility index (Phi) is 6.01. The van der Waals surface area contributed by atoms with Crippen LogP contribution in [0.2, 0.25) is 0 Å². The lowest BCUT2D eigenvalue weighted by Crippen LogP contribution is -2.63. The number of carbonyl (C=O) groups excluding carboxylic acids is 2. The highest BCUT2D eigenvalue weighted by molar-refractivity contribution is 9.10. The summed E-state index contributed by atoms with van der Waals surface area (Å²) in [6.07, 6.45) is 1.40. The maximum Gasteiger partial charge on any atom is 0.246 e. The number of hydrogen-bond donors (Lipinski definition) is 1. The first-order valence-electron chi connectivity index (χ1n) is 11.5. The number of nitrogens with one attached hydrogen (secondary N) is 1. The zero-order chi connectivity index (χ0) is 23.1. The van der Waals surface area contributed by atoms with E-state index in [9.17, 15) is 9.59 Å². The second-order valence-electron chi connectivity index (χ2n) is 9.07. The minimum Gasteiger partial charge on any atom is -0.379 e. The fourth-order valence-electron chi connectivity index (χ4n) is 5.08. The van der Waals surface area contributed by atoms with Crippen LogP contribution < -0.4 is 0 Å². The topological polar surface area (TPSA) is 65.6 Å². The van der Waals surface area contributed by atoms with Gasteiger partial charge in [-0.2, -0.15) is 0 Å². The fourth-order valence-corrected chi connectivity index (χ4v) is 5.34. The van der Waals surface area contributed by atoms with Gasteiger partial charge >= 0.3 is 0 Å². The van der Waals surface area contributed by atoms with Gasteiger partial charge in [-0.05, 0) is 49.6 Å². The van der Waals surface area contributed by atoms with Crippen LogP contribution in [0.25, 0.3) is 10.9 Å². The number of rotatable bonds is 6. The predicted molar refractivity (Wildman–Crippen MR) is 131 cm³/mol. The molecule has 3 heterocycles. The van der Waals surface area contributed by atoms with Gasteiger partial charge in [0.15, 0.2) is 0 Å². The lowest BCUT2D eigenvalue weighted by atomic mass is 9.86. The Bertz CT molecular complexity index is 1190. The summed E-state index contributed by atoms with van der Waals surface area (Å²) in [7, 11) is 0. The monoisotopic (exact) mass is 509 g/mol. The minimum atomic E-state index is -0.502. The number of aromatic nitrogens is 1. The van der Waals surface area contributed by atoms with Gasteiger partial charge in [0.25, 0.3) is 0 Å². The van der Waals surface area contributed by atoms with E-state index in [4.69, 9.17) is 4.74 Å². The molecule has 1 fully saturated rings. The Balaban J connectivity index is 1.52. The van der Waals surface area contributed by atoms with Crippen molar-refractivity contribution in [2.24, 2.45) is 0 Å². The van der Waals surface area contributed by atoms with Gasteiger partial charge < -0.3 is 19.5 Å². The Labute approximate surface area is 202 Å². The molecule has 5 rings (SSSR count). The molecule has 2 aliphatic rings. The smallest absolute Gasteiger partial charge is 0.246 e. The molecule has 1 unspecified atom stereocenters. The number of carbonyl (C=O) groups is 2. The Hall–Kier alpha value is -2.64. The number of amides is 2. The predicted octanol–water partition coefficient (Wildman–Crippen LogP) is 4.43. The maximum atomic E-state index is 13.6. The molecule has 1 N–H and O–H groups in total. The van der Waals surface area contributed by atoms with E-state index in [2.05, 4.69) is 33.0 Å². The van der Waals surface area contributed by atoms with Crippen molar-refractivity contribution in [3.63, 3.8) is 0 Å². The Morgan fingerprint density at radius 1 is 1.12 bits per heavy atom. The Morgan fingerprint density at radius 3 is 2.64 bits per heavy atom. The van der Waals surface area contributed by atoms with Crippen molar-refractivity contribution in [2.45, 2.75) is 44.9 Å². The highest BCUT2D eigenvalue weighted by atomic mass is 79.9. The van der Waals surface area contributed by atoms with E-state index in [1.165, 1.54) is 0 Å². The highest BCUT2D eigenvalue weighted by Gasteiger charge is 2.48. The summed E-state index contributed by atoms with van der Waals surface area (Å²) >= 11 is 3.51. The zero-order valence-corrected chi connectivity index (χ0v) is 20.5. The van der Waals surface area contributed by atoms with Crippen LogP contribution in [-0.4, -0.2) is 58.4 Å². The molecule has 1 saturated heterocycles. The number of fused-ring (bicyclic) bond motifs is 4. The molecular formula is C26H28BrN3O3. The van der Waals surface area contributed by atoms with Crippen molar-refractivity contribution >= 4 is 38.6 Å². The van der Waals surface area contributed by atoms with E-state index >= 15 is 0 Å². The summed E-state index contributed by atoms with van der Waals surface area (Å²) in [5.74, 6) is 0.0128. The third-order valence-electron chi connectivity index (χ3n) is 6.55. The Morgan fingerprint density at radius 2 is 1.88 bits per heavy atom. The summed E-state index contributed by atoms with van der Waals surface area (Å²) < 4.78 is 6.61. The molecular weight excluding hydrogens is 482 g/mol. The van der Waals surface area contributed by atoms with Crippen LogP contribution >= 0.6 is 15.9 Å². The number of aromatic amines is 1. The largest absolute Gasteiger partial charge is 0.379 e. The molecule has 7 heteroatoms. The number of piperazine rings is 1. The average molecular weight is 510 g/mol. The lowest BCUT2D eigenvalue weighted by molar-refractivity contribution is -0.158. The molecule has 3 aromatic rings. The molecule has 2 atom stereocenters. The number of hydrogen-bond acceptors (Lipinski definition) is 3. The van der Waals surface area contributed by atoms with E-state index < -0.39 is 6.04 Å². The van der Waals surface area contributed by atoms with Gasteiger partial charge in [0, 0.05) is 40.6 Å². The van der Waals surface area contributed by atoms with E-state index in [-0.39, 0.29) is 30.5 Å². The van der Waals surface area contributed by atoms with E-state index in [1.54, 1.807) is 4.90 Å². The van der Waals surface area contributed by atoms with Crippen molar-refractivity contribution in [3.05, 3.63) is 69.8 Å². The lowest BCUT2D eigenvalue weighted by Gasteiger charge is -2.47. The molecule has 2 aliphatic heterocycles.